The fourth-order valence-electron chi connectivity index (χ4n) is 4.03. The van der Waals surface area contributed by atoms with Gasteiger partial charge in [0.15, 0.2) is 5.76 Å². The van der Waals surface area contributed by atoms with E-state index in [0.29, 0.717) is 6.42 Å². The highest BCUT2D eigenvalue weighted by atomic mass is 16.5. The Morgan fingerprint density at radius 3 is 2.25 bits per heavy atom. The molecule has 9 nitrogen and oxygen atoms in total. The van der Waals surface area contributed by atoms with Gasteiger partial charge in [0.2, 0.25) is 0 Å². The molecule has 0 bridgehead atoms. The van der Waals surface area contributed by atoms with E-state index in [4.69, 9.17) is 23.7 Å². The zero-order valence-corrected chi connectivity index (χ0v) is 20.5. The predicted octanol–water partition coefficient (Wildman–Crippen LogP) is 3.76. The molecule has 1 aliphatic heterocycles. The average molecular weight is 492 g/mol. The van der Waals surface area contributed by atoms with Gasteiger partial charge in [0.05, 0.1) is 38.8 Å². The highest BCUT2D eigenvalue weighted by molar-refractivity contribution is 6.03. The Balaban J connectivity index is 1.62. The maximum Gasteiger partial charge on any atom is 0.290 e. The molecular weight excluding hydrogens is 462 g/mol. The lowest BCUT2D eigenvalue weighted by Gasteiger charge is -2.26. The van der Waals surface area contributed by atoms with Crippen LogP contribution in [-0.2, 0) is 9.53 Å². The first-order chi connectivity index (χ1) is 17.5. The number of hydrogen-bond acceptors (Lipinski definition) is 7. The standard InChI is InChI=1S/C27H29N3O6/c1-33-16-14-29(27(32)25-5-4-15-36-25)18-26(31)30-24(20-8-12-22(35-3)13-9-20)17-23(28-30)19-6-10-21(34-2)11-7-19/h4-13,15,24H,14,16-18H2,1-3H3/t24-/m1/s1. The van der Waals surface area contributed by atoms with Crippen molar-refractivity contribution in [2.75, 3.05) is 41.0 Å². The van der Waals surface area contributed by atoms with Gasteiger partial charge in [-0.25, -0.2) is 5.01 Å². The van der Waals surface area contributed by atoms with Crippen LogP contribution >= 0.6 is 0 Å². The molecule has 2 amide bonds. The molecule has 9 heteroatoms. The van der Waals surface area contributed by atoms with Crippen LogP contribution in [-0.4, -0.2) is 68.5 Å². The number of methoxy groups -OCH3 is 3. The second-order valence-corrected chi connectivity index (χ2v) is 8.20. The Morgan fingerprint density at radius 2 is 1.67 bits per heavy atom. The van der Waals surface area contributed by atoms with Gasteiger partial charge >= 0.3 is 0 Å². The molecule has 0 N–H and O–H groups in total. The first-order valence-electron chi connectivity index (χ1n) is 11.5. The number of hydrazone groups is 1. The number of carbonyl (C=O) groups is 2. The Labute approximate surface area is 209 Å². The molecule has 4 rings (SSSR count). The van der Waals surface area contributed by atoms with Gasteiger partial charge in [0.25, 0.3) is 11.8 Å². The minimum absolute atomic E-state index is 0.162. The molecule has 1 aromatic heterocycles. The SMILES string of the molecule is COCCN(CC(=O)N1N=C(c2ccc(OC)cc2)C[C@@H]1c1ccc(OC)cc1)C(=O)c1ccco1. The van der Waals surface area contributed by atoms with Gasteiger partial charge in [0.1, 0.15) is 18.0 Å². The Bertz CT molecular complexity index is 1190. The summed E-state index contributed by atoms with van der Waals surface area (Å²) in [6.07, 6.45) is 1.95. The average Bonchev–Trinajstić information content (AvgIpc) is 3.62. The molecule has 1 atom stereocenters. The van der Waals surface area contributed by atoms with Crippen molar-refractivity contribution in [2.24, 2.45) is 5.10 Å². The van der Waals surface area contributed by atoms with Crippen molar-refractivity contribution in [3.8, 4) is 11.5 Å². The smallest absolute Gasteiger partial charge is 0.290 e. The summed E-state index contributed by atoms with van der Waals surface area (Å²) in [5.74, 6) is 0.928. The number of amides is 2. The summed E-state index contributed by atoms with van der Waals surface area (Å²) in [5, 5.41) is 6.17. The van der Waals surface area contributed by atoms with Crippen LogP contribution in [0.25, 0.3) is 0 Å². The van der Waals surface area contributed by atoms with E-state index in [1.807, 2.05) is 48.5 Å². The zero-order valence-electron chi connectivity index (χ0n) is 20.5. The first-order valence-corrected chi connectivity index (χ1v) is 11.5. The lowest BCUT2D eigenvalue weighted by Crippen LogP contribution is -2.42. The number of ether oxygens (including phenoxy) is 3. The summed E-state index contributed by atoms with van der Waals surface area (Å²) in [4.78, 5) is 28.0. The lowest BCUT2D eigenvalue weighted by atomic mass is 9.98. The maximum atomic E-state index is 13.6. The lowest BCUT2D eigenvalue weighted by molar-refractivity contribution is -0.133. The Kier molecular flexibility index (Phi) is 8.02. The first kappa shape index (κ1) is 25.0. The van der Waals surface area contributed by atoms with Crippen LogP contribution < -0.4 is 9.47 Å². The summed E-state index contributed by atoms with van der Waals surface area (Å²) >= 11 is 0. The maximum absolute atomic E-state index is 13.6. The molecule has 2 heterocycles. The summed E-state index contributed by atoms with van der Waals surface area (Å²) in [6.45, 7) is 0.342. The van der Waals surface area contributed by atoms with Crippen LogP contribution in [0.5, 0.6) is 11.5 Å². The van der Waals surface area contributed by atoms with E-state index in [0.717, 1.165) is 28.3 Å². The van der Waals surface area contributed by atoms with Gasteiger partial charge in [-0.15, -0.1) is 0 Å². The summed E-state index contributed by atoms with van der Waals surface area (Å²) in [5.41, 5.74) is 2.58. The second-order valence-electron chi connectivity index (χ2n) is 8.20. The second kappa shape index (κ2) is 11.5. The third-order valence-electron chi connectivity index (χ3n) is 6.00. The predicted molar refractivity (Wildman–Crippen MR) is 133 cm³/mol. The molecule has 3 aromatic rings. The van der Waals surface area contributed by atoms with Gasteiger partial charge in [-0.2, -0.15) is 5.10 Å². The van der Waals surface area contributed by atoms with Gasteiger partial charge in [-0.05, 0) is 59.7 Å². The van der Waals surface area contributed by atoms with Gasteiger partial charge in [-0.1, -0.05) is 12.1 Å². The Morgan fingerprint density at radius 1 is 1.00 bits per heavy atom. The normalized spacial score (nSPS) is 14.9. The van der Waals surface area contributed by atoms with E-state index in [-0.39, 0.29) is 43.3 Å². The van der Waals surface area contributed by atoms with E-state index in [1.165, 1.54) is 16.2 Å². The number of hydrogen-bond donors (Lipinski definition) is 0. The van der Waals surface area contributed by atoms with Crippen molar-refractivity contribution in [1.82, 2.24) is 9.91 Å². The minimum atomic E-state index is -0.384. The van der Waals surface area contributed by atoms with Gasteiger partial charge < -0.3 is 23.5 Å². The largest absolute Gasteiger partial charge is 0.497 e. The monoisotopic (exact) mass is 491 g/mol. The third kappa shape index (κ3) is 5.58. The van der Waals surface area contributed by atoms with E-state index in [2.05, 4.69) is 0 Å². The topological polar surface area (TPSA) is 93.8 Å². The summed E-state index contributed by atoms with van der Waals surface area (Å²) in [6, 6.07) is 18.0. The van der Waals surface area contributed by atoms with Gasteiger partial charge in [-0.3, -0.25) is 9.59 Å². The molecule has 0 aliphatic carbocycles. The minimum Gasteiger partial charge on any atom is -0.497 e. The highest BCUT2D eigenvalue weighted by Crippen LogP contribution is 2.34. The van der Waals surface area contributed by atoms with Crippen molar-refractivity contribution in [3.05, 3.63) is 83.8 Å². The van der Waals surface area contributed by atoms with E-state index < -0.39 is 0 Å². The number of rotatable bonds is 10. The quantitative estimate of drug-likeness (QED) is 0.429. The molecule has 2 aromatic carbocycles. The molecule has 36 heavy (non-hydrogen) atoms. The molecule has 0 saturated carbocycles. The van der Waals surface area contributed by atoms with Crippen LogP contribution in [0.4, 0.5) is 0 Å². The van der Waals surface area contributed by atoms with Crippen LogP contribution in [0.15, 0.2) is 76.4 Å². The number of carbonyl (C=O) groups excluding carboxylic acids is 2. The van der Waals surface area contributed by atoms with Crippen LogP contribution in [0.3, 0.4) is 0 Å². The number of nitrogens with zero attached hydrogens (tertiary/aromatic N) is 3. The van der Waals surface area contributed by atoms with Crippen LogP contribution in [0.2, 0.25) is 0 Å². The third-order valence-corrected chi connectivity index (χ3v) is 6.00. The fourth-order valence-corrected chi connectivity index (χ4v) is 4.03. The Hall–Kier alpha value is -4.11. The van der Waals surface area contributed by atoms with Crippen LogP contribution in [0, 0.1) is 0 Å². The van der Waals surface area contributed by atoms with Crippen molar-refractivity contribution in [3.63, 3.8) is 0 Å². The van der Waals surface area contributed by atoms with Crippen molar-refractivity contribution in [1.29, 1.82) is 0 Å². The fraction of sp³-hybridized carbons (Fsp3) is 0.296. The van der Waals surface area contributed by atoms with Gasteiger partial charge in [0, 0.05) is 20.1 Å². The highest BCUT2D eigenvalue weighted by Gasteiger charge is 2.34. The van der Waals surface area contributed by atoms with Crippen molar-refractivity contribution >= 4 is 17.5 Å². The molecule has 0 spiro atoms. The van der Waals surface area contributed by atoms with Crippen LogP contribution in [0.1, 0.15) is 34.1 Å². The van der Waals surface area contributed by atoms with E-state index in [9.17, 15) is 9.59 Å². The molecular formula is C27H29N3O6. The summed E-state index contributed by atoms with van der Waals surface area (Å²) < 4.78 is 21.0. The van der Waals surface area contributed by atoms with E-state index in [1.54, 1.807) is 33.5 Å². The zero-order chi connectivity index (χ0) is 25.5. The molecule has 0 fully saturated rings. The number of furan rings is 1. The summed E-state index contributed by atoms with van der Waals surface area (Å²) in [7, 11) is 4.76. The molecule has 0 saturated heterocycles. The van der Waals surface area contributed by atoms with Crippen molar-refractivity contribution in [2.45, 2.75) is 12.5 Å². The molecule has 0 unspecified atom stereocenters. The molecule has 188 valence electrons. The molecule has 1 aliphatic rings. The van der Waals surface area contributed by atoms with Crippen molar-refractivity contribution < 1.29 is 28.2 Å². The van der Waals surface area contributed by atoms with E-state index >= 15 is 0 Å². The molecule has 0 radical (unpaired) electrons. The number of benzene rings is 2.